The van der Waals surface area contributed by atoms with Gasteiger partial charge in [-0.3, -0.25) is 9.35 Å². The van der Waals surface area contributed by atoms with Crippen molar-refractivity contribution in [3.8, 4) is 0 Å². The summed E-state index contributed by atoms with van der Waals surface area (Å²) in [6.07, 6.45) is 59.6. The molecule has 0 fully saturated rings. The SMILES string of the molecule is CCCCCCC/C=C\C/C=C\C/C=C\CCCCCCCCCCC(=O)NC(CS(=O)(=O)O)C(O)CCCCCCCCCCCCCCCCCCCCCC. The molecule has 0 aliphatic heterocycles. The van der Waals surface area contributed by atoms with Gasteiger partial charge in [-0.05, 0) is 51.4 Å². The van der Waals surface area contributed by atoms with Crippen molar-refractivity contribution < 1.29 is 22.9 Å². The molecule has 0 spiro atoms. The maximum atomic E-state index is 12.6. The molecule has 0 bridgehead atoms. The lowest BCUT2D eigenvalue weighted by Crippen LogP contribution is -2.47. The molecule has 2 atom stereocenters. The van der Waals surface area contributed by atoms with E-state index in [2.05, 4.69) is 55.6 Å². The second kappa shape index (κ2) is 45.1. The Morgan fingerprint density at radius 3 is 1.14 bits per heavy atom. The number of nitrogens with one attached hydrogen (secondary N) is 1. The topological polar surface area (TPSA) is 104 Å². The van der Waals surface area contributed by atoms with Gasteiger partial charge in [0.1, 0.15) is 0 Å². The van der Waals surface area contributed by atoms with Gasteiger partial charge < -0.3 is 10.4 Å². The Morgan fingerprint density at radius 1 is 0.466 bits per heavy atom. The van der Waals surface area contributed by atoms with Gasteiger partial charge in [-0.25, -0.2) is 0 Å². The molecule has 0 radical (unpaired) electrons. The Labute approximate surface area is 361 Å². The summed E-state index contributed by atoms with van der Waals surface area (Å²) < 4.78 is 32.7. The van der Waals surface area contributed by atoms with Crippen molar-refractivity contribution in [3.05, 3.63) is 36.5 Å². The maximum Gasteiger partial charge on any atom is 0.266 e. The van der Waals surface area contributed by atoms with Crippen molar-refractivity contribution in [1.29, 1.82) is 0 Å². The van der Waals surface area contributed by atoms with E-state index in [-0.39, 0.29) is 5.91 Å². The van der Waals surface area contributed by atoms with Gasteiger partial charge >= 0.3 is 0 Å². The van der Waals surface area contributed by atoms with Crippen LogP contribution in [0.5, 0.6) is 0 Å². The number of hydrogen-bond donors (Lipinski definition) is 3. The summed E-state index contributed by atoms with van der Waals surface area (Å²) in [6, 6.07) is -0.976. The number of allylic oxidation sites excluding steroid dienone is 6. The van der Waals surface area contributed by atoms with E-state index in [4.69, 9.17) is 0 Å². The fraction of sp³-hybridized carbons (Fsp3) is 0.863. The van der Waals surface area contributed by atoms with Crippen LogP contribution in [0.2, 0.25) is 0 Å². The molecule has 58 heavy (non-hydrogen) atoms. The smallest absolute Gasteiger partial charge is 0.266 e. The number of hydrogen-bond acceptors (Lipinski definition) is 4. The largest absolute Gasteiger partial charge is 0.391 e. The van der Waals surface area contributed by atoms with Crippen LogP contribution in [0.15, 0.2) is 36.5 Å². The van der Waals surface area contributed by atoms with Crippen molar-refractivity contribution >= 4 is 16.0 Å². The van der Waals surface area contributed by atoms with Crippen molar-refractivity contribution in [3.63, 3.8) is 0 Å². The molecular formula is C51H97NO5S. The van der Waals surface area contributed by atoms with Gasteiger partial charge in [-0.15, -0.1) is 0 Å². The van der Waals surface area contributed by atoms with E-state index < -0.39 is 28.0 Å². The van der Waals surface area contributed by atoms with E-state index >= 15 is 0 Å². The van der Waals surface area contributed by atoms with Crippen LogP contribution in [0.3, 0.4) is 0 Å². The van der Waals surface area contributed by atoms with Gasteiger partial charge in [0.2, 0.25) is 5.91 Å². The Morgan fingerprint density at radius 2 is 0.776 bits per heavy atom. The number of rotatable bonds is 46. The highest BCUT2D eigenvalue weighted by Gasteiger charge is 2.26. The molecule has 3 N–H and O–H groups in total. The van der Waals surface area contributed by atoms with Gasteiger partial charge in [0.15, 0.2) is 0 Å². The molecule has 0 saturated carbocycles. The maximum absolute atomic E-state index is 12.6. The highest BCUT2D eigenvalue weighted by molar-refractivity contribution is 7.85. The molecule has 0 saturated heterocycles. The van der Waals surface area contributed by atoms with E-state index in [1.807, 2.05) is 0 Å². The molecule has 342 valence electrons. The highest BCUT2D eigenvalue weighted by Crippen LogP contribution is 2.17. The minimum Gasteiger partial charge on any atom is -0.391 e. The summed E-state index contributed by atoms with van der Waals surface area (Å²) >= 11 is 0. The van der Waals surface area contributed by atoms with Crippen LogP contribution in [-0.4, -0.2) is 41.9 Å². The van der Waals surface area contributed by atoms with Gasteiger partial charge in [-0.2, -0.15) is 8.42 Å². The minimum atomic E-state index is -4.32. The second-order valence-electron chi connectivity index (χ2n) is 17.5. The third-order valence-corrected chi connectivity index (χ3v) is 12.4. The summed E-state index contributed by atoms with van der Waals surface area (Å²) in [6.45, 7) is 4.54. The molecule has 0 aliphatic rings. The van der Waals surface area contributed by atoms with Crippen molar-refractivity contribution in [2.75, 3.05) is 5.75 Å². The monoisotopic (exact) mass is 836 g/mol. The van der Waals surface area contributed by atoms with Crippen molar-refractivity contribution in [2.24, 2.45) is 0 Å². The van der Waals surface area contributed by atoms with E-state index in [1.165, 1.54) is 180 Å². The van der Waals surface area contributed by atoms with Gasteiger partial charge in [0.05, 0.1) is 17.9 Å². The number of aliphatic hydroxyl groups is 1. The first-order valence-corrected chi connectivity index (χ1v) is 26.8. The third kappa shape index (κ3) is 45.6. The third-order valence-electron chi connectivity index (χ3n) is 11.6. The fourth-order valence-corrected chi connectivity index (χ4v) is 8.58. The summed E-state index contributed by atoms with van der Waals surface area (Å²) in [7, 11) is -4.32. The lowest BCUT2D eigenvalue weighted by atomic mass is 10.0. The van der Waals surface area contributed by atoms with E-state index in [0.717, 1.165) is 57.8 Å². The molecule has 6 nitrogen and oxygen atoms in total. The Balaban J connectivity index is 3.78. The minimum absolute atomic E-state index is 0.250. The summed E-state index contributed by atoms with van der Waals surface area (Å²) in [5.74, 6) is -0.900. The van der Waals surface area contributed by atoms with Crippen LogP contribution in [0.1, 0.15) is 264 Å². The van der Waals surface area contributed by atoms with Crippen LogP contribution < -0.4 is 5.32 Å². The first-order chi connectivity index (χ1) is 28.3. The average molecular weight is 836 g/mol. The molecule has 0 aliphatic carbocycles. The fourth-order valence-electron chi connectivity index (χ4n) is 7.82. The summed E-state index contributed by atoms with van der Waals surface area (Å²) in [5.41, 5.74) is 0. The standard InChI is InChI=1S/C51H97NO5S/c1-3-5-7-9-11-13-15-17-19-21-23-25-26-27-29-31-33-35-37-39-41-43-45-47-51(54)52-49(48-58(55,56)57)50(53)46-44-42-40-38-36-34-32-30-28-24-22-20-18-16-14-12-10-8-6-4-2/h15,17,21,23,26-27,49-50,53H,3-14,16,18-20,22,24-25,28-48H2,1-2H3,(H,52,54)(H,55,56,57)/b17-15-,23-21-,27-26-. The molecule has 1 amide bonds. The van der Waals surface area contributed by atoms with Crippen LogP contribution in [0, 0.1) is 0 Å². The molecule has 0 aromatic carbocycles. The Bertz CT molecular complexity index is 1060. The highest BCUT2D eigenvalue weighted by atomic mass is 32.2. The van der Waals surface area contributed by atoms with E-state index in [1.54, 1.807) is 0 Å². The lowest BCUT2D eigenvalue weighted by molar-refractivity contribution is -0.122. The Kier molecular flexibility index (Phi) is 44.0. The molecule has 7 heteroatoms. The quantitative estimate of drug-likeness (QED) is 0.0322. The zero-order valence-electron chi connectivity index (χ0n) is 38.4. The first-order valence-electron chi connectivity index (χ1n) is 25.2. The van der Waals surface area contributed by atoms with Crippen LogP contribution in [-0.2, 0) is 14.9 Å². The predicted octanol–water partition coefficient (Wildman–Crippen LogP) is 15.6. The van der Waals surface area contributed by atoms with Gasteiger partial charge in [-0.1, -0.05) is 243 Å². The van der Waals surface area contributed by atoms with Gasteiger partial charge in [0.25, 0.3) is 10.1 Å². The normalized spacial score (nSPS) is 13.4. The molecular weight excluding hydrogens is 739 g/mol. The van der Waals surface area contributed by atoms with E-state index in [0.29, 0.717) is 12.8 Å². The summed E-state index contributed by atoms with van der Waals surface area (Å²) in [5, 5.41) is 13.4. The van der Waals surface area contributed by atoms with Crippen LogP contribution >= 0.6 is 0 Å². The van der Waals surface area contributed by atoms with Crippen LogP contribution in [0.4, 0.5) is 0 Å². The average Bonchev–Trinajstić information content (AvgIpc) is 3.19. The second-order valence-corrected chi connectivity index (χ2v) is 18.9. The molecule has 0 aromatic rings. The van der Waals surface area contributed by atoms with Crippen molar-refractivity contribution in [1.82, 2.24) is 5.32 Å². The van der Waals surface area contributed by atoms with E-state index in [9.17, 15) is 22.9 Å². The number of carbonyl (C=O) groups excluding carboxylic acids is 1. The zero-order chi connectivity index (χ0) is 42.5. The molecule has 0 aromatic heterocycles. The zero-order valence-corrected chi connectivity index (χ0v) is 39.2. The van der Waals surface area contributed by atoms with Crippen LogP contribution in [0.25, 0.3) is 0 Å². The number of unbranched alkanes of at least 4 members (excludes halogenated alkanes) is 32. The Hall–Kier alpha value is -1.44. The molecule has 0 rings (SSSR count). The van der Waals surface area contributed by atoms with Crippen molar-refractivity contribution in [2.45, 2.75) is 276 Å². The molecule has 0 heterocycles. The lowest BCUT2D eigenvalue weighted by Gasteiger charge is -2.23. The summed E-state index contributed by atoms with van der Waals surface area (Å²) in [4.78, 5) is 12.6. The predicted molar refractivity (Wildman–Crippen MR) is 253 cm³/mol. The molecule has 2 unspecified atom stereocenters. The number of amides is 1. The number of aliphatic hydroxyl groups excluding tert-OH is 1. The van der Waals surface area contributed by atoms with Gasteiger partial charge in [0, 0.05) is 6.42 Å². The first kappa shape index (κ1) is 56.6. The number of carbonyl (C=O) groups is 1.